The van der Waals surface area contributed by atoms with Crippen LogP contribution in [0, 0.1) is 20.8 Å². The number of aryl methyl sites for hydroxylation is 4. The predicted molar refractivity (Wildman–Crippen MR) is 88.2 cm³/mol. The highest BCUT2D eigenvalue weighted by atomic mass is 16.1. The molecule has 0 radical (unpaired) electrons. The lowest BCUT2D eigenvalue weighted by Crippen LogP contribution is -2.41. The molecular weight excluding hydrogens is 290 g/mol. The third kappa shape index (κ3) is 3.30. The summed E-state index contributed by atoms with van der Waals surface area (Å²) in [6.07, 6.45) is 5.22. The van der Waals surface area contributed by atoms with Crippen LogP contribution in [0.4, 0.5) is 0 Å². The van der Waals surface area contributed by atoms with Crippen molar-refractivity contribution >= 4 is 5.91 Å². The van der Waals surface area contributed by atoms with E-state index in [2.05, 4.69) is 33.1 Å². The Labute approximate surface area is 136 Å². The molecule has 1 aliphatic heterocycles. The molecule has 1 aliphatic rings. The Bertz CT molecular complexity index is 728. The lowest BCUT2D eigenvalue weighted by molar-refractivity contribution is -0.122. The second-order valence-corrected chi connectivity index (χ2v) is 6.53. The number of hydrogen-bond donors (Lipinski definition) is 1. The van der Waals surface area contributed by atoms with Crippen molar-refractivity contribution in [1.82, 2.24) is 24.6 Å². The van der Waals surface area contributed by atoms with E-state index in [4.69, 9.17) is 0 Å². The molecule has 0 fully saturated rings. The molecule has 6 heteroatoms. The molecule has 6 nitrogen and oxygen atoms in total. The number of imidazole rings is 1. The number of nitrogens with zero attached hydrogens (tertiary/aromatic N) is 4. The van der Waals surface area contributed by atoms with Gasteiger partial charge in [-0.1, -0.05) is 0 Å². The number of hydrogen-bond acceptors (Lipinski definition) is 3. The van der Waals surface area contributed by atoms with E-state index in [0.717, 1.165) is 48.7 Å². The first-order chi connectivity index (χ1) is 10.9. The summed E-state index contributed by atoms with van der Waals surface area (Å²) in [6, 6.07) is 0.208. The Morgan fingerprint density at radius 1 is 1.39 bits per heavy atom. The molecule has 0 aromatic carbocycles. The summed E-state index contributed by atoms with van der Waals surface area (Å²) in [4.78, 5) is 16.8. The molecule has 0 bridgehead atoms. The molecule has 0 unspecified atom stereocenters. The van der Waals surface area contributed by atoms with E-state index in [1.807, 2.05) is 25.6 Å². The van der Waals surface area contributed by atoms with Crippen molar-refractivity contribution in [2.45, 2.75) is 59.0 Å². The molecule has 1 amide bonds. The zero-order valence-corrected chi connectivity index (χ0v) is 14.4. The summed E-state index contributed by atoms with van der Waals surface area (Å²) in [6.45, 7) is 6.89. The summed E-state index contributed by atoms with van der Waals surface area (Å²) in [5.41, 5.74) is 4.41. The molecular formula is C17H25N5O. The van der Waals surface area contributed by atoms with Crippen LogP contribution in [0.15, 0.2) is 6.20 Å². The van der Waals surface area contributed by atoms with Gasteiger partial charge in [-0.25, -0.2) is 4.98 Å². The first kappa shape index (κ1) is 15.8. The fourth-order valence-corrected chi connectivity index (χ4v) is 3.42. The Kier molecular flexibility index (Phi) is 4.24. The van der Waals surface area contributed by atoms with Gasteiger partial charge in [0.1, 0.15) is 5.82 Å². The van der Waals surface area contributed by atoms with E-state index >= 15 is 0 Å². The molecule has 0 spiro atoms. The molecule has 3 heterocycles. The molecule has 1 N–H and O–H groups in total. The Morgan fingerprint density at radius 3 is 2.87 bits per heavy atom. The van der Waals surface area contributed by atoms with E-state index < -0.39 is 0 Å². The molecule has 1 atom stereocenters. The minimum atomic E-state index is 0.123. The first-order valence-corrected chi connectivity index (χ1v) is 8.25. The smallest absolute Gasteiger partial charge is 0.220 e. The van der Waals surface area contributed by atoms with Crippen LogP contribution in [0.25, 0.3) is 0 Å². The standard InChI is InChI=1S/C17H25N5O/c1-11-9-22-10-14(5-7-16(22)18-11)19-17(23)8-6-15-12(2)20-21(4)13(15)3/h9,14H,5-8,10H2,1-4H3,(H,19,23)/t14-/m0/s1. The van der Waals surface area contributed by atoms with Crippen molar-refractivity contribution in [3.05, 3.63) is 34.7 Å². The summed E-state index contributed by atoms with van der Waals surface area (Å²) in [5.74, 6) is 1.26. The molecule has 0 saturated carbocycles. The topological polar surface area (TPSA) is 64.7 Å². The van der Waals surface area contributed by atoms with E-state index in [9.17, 15) is 4.79 Å². The highest BCUT2D eigenvalue weighted by Crippen LogP contribution is 2.16. The zero-order chi connectivity index (χ0) is 16.6. The number of fused-ring (bicyclic) bond motifs is 1. The van der Waals surface area contributed by atoms with Crippen molar-refractivity contribution in [2.75, 3.05) is 0 Å². The summed E-state index contributed by atoms with van der Waals surface area (Å²) in [7, 11) is 1.94. The lowest BCUT2D eigenvalue weighted by Gasteiger charge is -2.24. The van der Waals surface area contributed by atoms with Crippen molar-refractivity contribution in [3.8, 4) is 0 Å². The van der Waals surface area contributed by atoms with E-state index in [-0.39, 0.29) is 11.9 Å². The van der Waals surface area contributed by atoms with Gasteiger partial charge in [0, 0.05) is 44.4 Å². The highest BCUT2D eigenvalue weighted by Gasteiger charge is 2.21. The average Bonchev–Trinajstić information content (AvgIpc) is 2.96. The van der Waals surface area contributed by atoms with Crippen LogP contribution in [0.5, 0.6) is 0 Å². The molecule has 124 valence electrons. The number of amides is 1. The van der Waals surface area contributed by atoms with Crippen LogP contribution in [0.2, 0.25) is 0 Å². The summed E-state index contributed by atoms with van der Waals surface area (Å²) < 4.78 is 4.05. The van der Waals surface area contributed by atoms with Gasteiger partial charge in [0.2, 0.25) is 5.91 Å². The van der Waals surface area contributed by atoms with Gasteiger partial charge in [-0.3, -0.25) is 9.48 Å². The fraction of sp³-hybridized carbons (Fsp3) is 0.588. The Hall–Kier alpha value is -2.11. The van der Waals surface area contributed by atoms with Gasteiger partial charge in [-0.05, 0) is 39.2 Å². The maximum Gasteiger partial charge on any atom is 0.220 e. The summed E-state index contributed by atoms with van der Waals surface area (Å²) >= 11 is 0. The van der Waals surface area contributed by atoms with Gasteiger partial charge in [0.25, 0.3) is 0 Å². The van der Waals surface area contributed by atoms with Crippen molar-refractivity contribution in [3.63, 3.8) is 0 Å². The summed E-state index contributed by atoms with van der Waals surface area (Å²) in [5, 5.41) is 7.58. The minimum absolute atomic E-state index is 0.123. The quantitative estimate of drug-likeness (QED) is 0.932. The van der Waals surface area contributed by atoms with Gasteiger partial charge in [0.05, 0.1) is 11.4 Å². The van der Waals surface area contributed by atoms with Crippen molar-refractivity contribution < 1.29 is 4.79 Å². The Balaban J connectivity index is 1.54. The molecule has 23 heavy (non-hydrogen) atoms. The van der Waals surface area contributed by atoms with Crippen LogP contribution < -0.4 is 5.32 Å². The van der Waals surface area contributed by atoms with E-state index in [1.54, 1.807) is 0 Å². The van der Waals surface area contributed by atoms with Gasteiger partial charge in [-0.15, -0.1) is 0 Å². The fourth-order valence-electron chi connectivity index (χ4n) is 3.42. The number of carbonyl (C=O) groups excluding carboxylic acids is 1. The maximum absolute atomic E-state index is 12.3. The Morgan fingerprint density at radius 2 is 2.17 bits per heavy atom. The number of nitrogens with one attached hydrogen (secondary N) is 1. The monoisotopic (exact) mass is 315 g/mol. The largest absolute Gasteiger partial charge is 0.352 e. The lowest BCUT2D eigenvalue weighted by atomic mass is 10.1. The van der Waals surface area contributed by atoms with Crippen LogP contribution >= 0.6 is 0 Å². The minimum Gasteiger partial charge on any atom is -0.352 e. The highest BCUT2D eigenvalue weighted by molar-refractivity contribution is 5.76. The van der Waals surface area contributed by atoms with Gasteiger partial charge in [0.15, 0.2) is 0 Å². The second kappa shape index (κ2) is 6.18. The second-order valence-electron chi connectivity index (χ2n) is 6.53. The van der Waals surface area contributed by atoms with Gasteiger partial charge < -0.3 is 9.88 Å². The van der Waals surface area contributed by atoms with E-state index in [0.29, 0.717) is 6.42 Å². The van der Waals surface area contributed by atoms with Crippen LogP contribution in [-0.2, 0) is 31.2 Å². The molecule has 2 aromatic rings. The number of carbonyl (C=O) groups is 1. The number of aromatic nitrogens is 4. The first-order valence-electron chi connectivity index (χ1n) is 8.25. The van der Waals surface area contributed by atoms with Crippen LogP contribution in [-0.4, -0.2) is 31.3 Å². The third-order valence-corrected chi connectivity index (χ3v) is 4.74. The SMILES string of the molecule is Cc1cn2c(n1)CC[C@H](NC(=O)CCc1c(C)nn(C)c1C)C2. The van der Waals surface area contributed by atoms with E-state index in [1.165, 1.54) is 5.56 Å². The van der Waals surface area contributed by atoms with Crippen LogP contribution in [0.3, 0.4) is 0 Å². The van der Waals surface area contributed by atoms with Gasteiger partial charge >= 0.3 is 0 Å². The maximum atomic E-state index is 12.3. The number of rotatable bonds is 4. The third-order valence-electron chi connectivity index (χ3n) is 4.74. The molecule has 3 rings (SSSR count). The average molecular weight is 315 g/mol. The predicted octanol–water partition coefficient (Wildman–Crippen LogP) is 1.61. The van der Waals surface area contributed by atoms with Gasteiger partial charge in [-0.2, -0.15) is 5.10 Å². The van der Waals surface area contributed by atoms with Crippen LogP contribution in [0.1, 0.15) is 41.3 Å². The molecule has 0 saturated heterocycles. The molecule has 0 aliphatic carbocycles. The zero-order valence-electron chi connectivity index (χ0n) is 14.4. The molecule has 2 aromatic heterocycles. The van der Waals surface area contributed by atoms with Crippen molar-refractivity contribution in [2.24, 2.45) is 7.05 Å². The normalized spacial score (nSPS) is 17.1. The van der Waals surface area contributed by atoms with Crippen molar-refractivity contribution in [1.29, 1.82) is 0 Å².